The Morgan fingerprint density at radius 3 is 2.34 bits per heavy atom. The van der Waals surface area contributed by atoms with Crippen LogP contribution in [0.15, 0.2) is 56.0 Å². The molecule has 0 amide bonds. The van der Waals surface area contributed by atoms with Crippen LogP contribution in [0.1, 0.15) is 24.5 Å². The molecule has 1 aliphatic heterocycles. The molecule has 2 heterocycles. The van der Waals surface area contributed by atoms with Gasteiger partial charge in [-0.1, -0.05) is 11.8 Å². The van der Waals surface area contributed by atoms with Crippen molar-refractivity contribution in [2.24, 2.45) is 0 Å². The maximum absolute atomic E-state index is 14.4. The van der Waals surface area contributed by atoms with Crippen molar-refractivity contribution in [3.63, 3.8) is 0 Å². The summed E-state index contributed by atoms with van der Waals surface area (Å²) in [6, 6.07) is 8.40. The van der Waals surface area contributed by atoms with Crippen LogP contribution in [-0.2, 0) is 31.0 Å². The van der Waals surface area contributed by atoms with Crippen LogP contribution in [0.4, 0.5) is 4.39 Å². The number of hydrogen-bond donors (Lipinski definition) is 1. The van der Waals surface area contributed by atoms with Gasteiger partial charge < -0.3 is 9.67 Å². The highest BCUT2D eigenvalue weighted by atomic mass is 32.2. The molecule has 3 aromatic rings. The minimum Gasteiger partial charge on any atom is -0.481 e. The molecule has 0 spiro atoms. The Morgan fingerprint density at radius 2 is 1.78 bits per heavy atom. The topological polar surface area (TPSA) is 111 Å². The lowest BCUT2D eigenvalue weighted by atomic mass is 10.0. The third-order valence-corrected chi connectivity index (χ3v) is 8.84. The first-order valence-electron chi connectivity index (χ1n) is 9.61. The summed E-state index contributed by atoms with van der Waals surface area (Å²) >= 11 is 1.22. The van der Waals surface area contributed by atoms with Crippen LogP contribution in [-0.4, -0.2) is 45.0 Å². The van der Waals surface area contributed by atoms with E-state index in [1.54, 1.807) is 16.7 Å². The number of aromatic nitrogens is 1. The molecule has 0 unspecified atom stereocenters. The van der Waals surface area contributed by atoms with Crippen LogP contribution in [0.3, 0.4) is 0 Å². The standard InChI is InChI=1S/C21H20FNO6S3/c1-31(26,27)15-5-3-14(4-6-15)30-21-19-16(10-13(22)11-17(19)32(2,28)29)23-8-7-12(20(21)23)9-18(24)25/h3-6,10-12H,7-9H2,1-2H3,(H,24,25)/t12-/m1/s1. The highest BCUT2D eigenvalue weighted by molar-refractivity contribution is 7.99. The third kappa shape index (κ3) is 4.16. The second-order valence-electron chi connectivity index (χ2n) is 7.87. The fraction of sp³-hybridized carbons (Fsp3) is 0.286. The zero-order chi connectivity index (χ0) is 23.4. The Morgan fingerprint density at radius 1 is 1.12 bits per heavy atom. The molecule has 0 saturated heterocycles. The van der Waals surface area contributed by atoms with E-state index in [1.807, 2.05) is 0 Å². The van der Waals surface area contributed by atoms with E-state index >= 15 is 0 Å². The molecule has 0 bridgehead atoms. The Hall–Kier alpha value is -2.37. The smallest absolute Gasteiger partial charge is 0.304 e. The summed E-state index contributed by atoms with van der Waals surface area (Å²) in [5, 5.41) is 9.72. The van der Waals surface area contributed by atoms with Crippen molar-refractivity contribution in [1.82, 2.24) is 4.57 Å². The maximum Gasteiger partial charge on any atom is 0.304 e. The van der Waals surface area contributed by atoms with Crippen LogP contribution in [0.5, 0.6) is 0 Å². The predicted octanol–water partition coefficient (Wildman–Crippen LogP) is 3.70. The predicted molar refractivity (Wildman–Crippen MR) is 118 cm³/mol. The van der Waals surface area contributed by atoms with E-state index in [4.69, 9.17) is 0 Å². The van der Waals surface area contributed by atoms with Gasteiger partial charge in [0, 0.05) is 45.8 Å². The summed E-state index contributed by atoms with van der Waals surface area (Å²) in [6.07, 6.45) is 2.53. The van der Waals surface area contributed by atoms with Gasteiger partial charge in [0.1, 0.15) is 5.82 Å². The maximum atomic E-state index is 14.4. The number of rotatable bonds is 6. The average molecular weight is 498 g/mol. The van der Waals surface area contributed by atoms with Crippen molar-refractivity contribution in [2.45, 2.75) is 44.9 Å². The molecule has 7 nitrogen and oxygen atoms in total. The number of carbonyl (C=O) groups is 1. The molecule has 32 heavy (non-hydrogen) atoms. The van der Waals surface area contributed by atoms with E-state index < -0.39 is 31.5 Å². The molecule has 0 fully saturated rings. The Balaban J connectivity index is 1.96. The van der Waals surface area contributed by atoms with Crippen molar-refractivity contribution in [1.29, 1.82) is 0 Å². The van der Waals surface area contributed by atoms with Crippen LogP contribution >= 0.6 is 11.8 Å². The number of benzene rings is 2. The van der Waals surface area contributed by atoms with Gasteiger partial charge in [0.25, 0.3) is 0 Å². The largest absolute Gasteiger partial charge is 0.481 e. The molecule has 170 valence electrons. The molecule has 11 heteroatoms. The van der Waals surface area contributed by atoms with Gasteiger partial charge in [0.15, 0.2) is 19.7 Å². The number of carboxylic acid groups (broad SMARTS) is 1. The zero-order valence-electron chi connectivity index (χ0n) is 17.2. The van der Waals surface area contributed by atoms with Crippen molar-refractivity contribution in [3.8, 4) is 0 Å². The number of carboxylic acids is 1. The fourth-order valence-electron chi connectivity index (χ4n) is 4.14. The molecular formula is C21H20FNO6S3. The fourth-order valence-corrected chi connectivity index (χ4v) is 6.94. The second kappa shape index (κ2) is 7.89. The van der Waals surface area contributed by atoms with E-state index in [2.05, 4.69) is 0 Å². The summed E-state index contributed by atoms with van der Waals surface area (Å²) in [7, 11) is -7.16. The van der Waals surface area contributed by atoms with Gasteiger partial charge in [-0.3, -0.25) is 4.79 Å². The number of halogens is 1. The van der Waals surface area contributed by atoms with Gasteiger partial charge >= 0.3 is 5.97 Å². The molecule has 0 radical (unpaired) electrons. The number of fused-ring (bicyclic) bond motifs is 3. The highest BCUT2D eigenvalue weighted by Crippen LogP contribution is 2.48. The van der Waals surface area contributed by atoms with Crippen molar-refractivity contribution in [3.05, 3.63) is 47.9 Å². The normalized spacial score (nSPS) is 16.4. The van der Waals surface area contributed by atoms with E-state index in [-0.39, 0.29) is 22.1 Å². The Labute approximate surface area is 189 Å². The first kappa shape index (κ1) is 22.8. The van der Waals surface area contributed by atoms with Crippen LogP contribution in [0.2, 0.25) is 0 Å². The Bertz CT molecular complexity index is 1460. The number of sulfone groups is 2. The summed E-state index contributed by atoms with van der Waals surface area (Å²) in [5.41, 5.74) is 1.07. The first-order valence-corrected chi connectivity index (χ1v) is 14.2. The van der Waals surface area contributed by atoms with Gasteiger partial charge in [-0.05, 0) is 42.8 Å². The molecule has 1 aromatic heterocycles. The molecular weight excluding hydrogens is 477 g/mol. The Kier molecular flexibility index (Phi) is 5.62. The SMILES string of the molecule is CS(=O)(=O)c1ccc(Sc2c3n(c4cc(F)cc(S(C)(=O)=O)c24)CC[C@@H]3CC(=O)O)cc1. The van der Waals surface area contributed by atoms with Crippen LogP contribution in [0, 0.1) is 5.82 Å². The lowest BCUT2D eigenvalue weighted by Gasteiger charge is -2.11. The molecule has 2 aromatic carbocycles. The highest BCUT2D eigenvalue weighted by Gasteiger charge is 2.34. The minimum absolute atomic E-state index is 0.131. The van der Waals surface area contributed by atoms with Gasteiger partial charge in [0.05, 0.1) is 21.7 Å². The second-order valence-corrected chi connectivity index (χ2v) is 12.9. The van der Waals surface area contributed by atoms with Crippen molar-refractivity contribution < 1.29 is 31.1 Å². The van der Waals surface area contributed by atoms with Gasteiger partial charge in [0.2, 0.25) is 0 Å². The van der Waals surface area contributed by atoms with E-state index in [0.29, 0.717) is 39.4 Å². The van der Waals surface area contributed by atoms with Gasteiger partial charge in [-0.2, -0.15) is 0 Å². The van der Waals surface area contributed by atoms with Crippen LogP contribution < -0.4 is 0 Å². The lowest BCUT2D eigenvalue weighted by Crippen LogP contribution is -2.04. The zero-order valence-corrected chi connectivity index (χ0v) is 19.7. The first-order chi connectivity index (χ1) is 14.9. The van der Waals surface area contributed by atoms with Crippen LogP contribution in [0.25, 0.3) is 10.9 Å². The van der Waals surface area contributed by atoms with Crippen molar-refractivity contribution >= 4 is 48.3 Å². The molecule has 4 rings (SSSR count). The summed E-state index contributed by atoms with van der Waals surface area (Å²) in [5.74, 6) is -2.01. The molecule has 1 aliphatic rings. The quantitative estimate of drug-likeness (QED) is 0.553. The molecule has 0 saturated carbocycles. The van der Waals surface area contributed by atoms with E-state index in [0.717, 1.165) is 18.6 Å². The number of aryl methyl sites for hydroxylation is 1. The lowest BCUT2D eigenvalue weighted by molar-refractivity contribution is -0.137. The van der Waals surface area contributed by atoms with Crippen molar-refractivity contribution in [2.75, 3.05) is 12.5 Å². The number of nitrogens with zero attached hydrogens (tertiary/aromatic N) is 1. The number of hydrogen-bond acceptors (Lipinski definition) is 6. The molecule has 1 atom stereocenters. The van der Waals surface area contributed by atoms with E-state index in [1.165, 1.54) is 30.0 Å². The average Bonchev–Trinajstić information content (AvgIpc) is 3.19. The summed E-state index contributed by atoms with van der Waals surface area (Å²) < 4.78 is 64.7. The third-order valence-electron chi connectivity index (χ3n) is 5.47. The molecule has 1 N–H and O–H groups in total. The van der Waals surface area contributed by atoms with E-state index in [9.17, 15) is 31.1 Å². The summed E-state index contributed by atoms with van der Waals surface area (Å²) in [6.45, 7) is 0.448. The molecule has 0 aliphatic carbocycles. The minimum atomic E-state index is -3.78. The van der Waals surface area contributed by atoms with Gasteiger partial charge in [-0.25, -0.2) is 21.2 Å². The van der Waals surface area contributed by atoms with Gasteiger partial charge in [-0.15, -0.1) is 0 Å². The summed E-state index contributed by atoms with van der Waals surface area (Å²) in [4.78, 5) is 12.6. The monoisotopic (exact) mass is 497 g/mol. The number of aliphatic carboxylic acids is 1.